The molecule has 0 saturated carbocycles. The van der Waals surface area contributed by atoms with E-state index >= 15 is 0 Å². The molecule has 0 atom stereocenters. The molecule has 4 nitrogen and oxygen atoms in total. The Kier molecular flexibility index (Phi) is 8.03. The molecule has 3 aromatic rings. The van der Waals surface area contributed by atoms with Crippen molar-refractivity contribution in [2.75, 3.05) is 24.5 Å². The van der Waals surface area contributed by atoms with E-state index in [-0.39, 0.29) is 11.3 Å². The molecule has 1 saturated heterocycles. The molecule has 1 fully saturated rings. The molecule has 1 amide bonds. The summed E-state index contributed by atoms with van der Waals surface area (Å²) in [5.41, 5.74) is 4.18. The third-order valence-electron chi connectivity index (χ3n) is 6.56. The summed E-state index contributed by atoms with van der Waals surface area (Å²) in [6.45, 7) is 9.58. The maximum atomic E-state index is 13.9. The van der Waals surface area contributed by atoms with Gasteiger partial charge in [0.2, 0.25) is 0 Å². The molecule has 0 aliphatic carbocycles. The van der Waals surface area contributed by atoms with E-state index in [1.165, 1.54) is 5.56 Å². The minimum Gasteiger partial charge on any atom is -0.356 e. The Bertz CT molecular complexity index is 1170. The molecular formula is C29H33Cl2N3O. The van der Waals surface area contributed by atoms with Crippen molar-refractivity contribution >= 4 is 34.9 Å². The third kappa shape index (κ3) is 6.36. The number of benzene rings is 2. The van der Waals surface area contributed by atoms with Crippen molar-refractivity contribution in [3.8, 4) is 0 Å². The molecule has 35 heavy (non-hydrogen) atoms. The Morgan fingerprint density at radius 1 is 0.971 bits per heavy atom. The van der Waals surface area contributed by atoms with E-state index in [1.54, 1.807) is 6.20 Å². The molecule has 4 rings (SSSR count). The second kappa shape index (κ2) is 11.0. The molecule has 184 valence electrons. The minimum absolute atomic E-state index is 0.0000385. The van der Waals surface area contributed by atoms with Gasteiger partial charge in [0.05, 0.1) is 15.6 Å². The lowest BCUT2D eigenvalue weighted by Gasteiger charge is -2.26. The van der Waals surface area contributed by atoms with Gasteiger partial charge in [-0.2, -0.15) is 0 Å². The van der Waals surface area contributed by atoms with Gasteiger partial charge in [0, 0.05) is 32.4 Å². The van der Waals surface area contributed by atoms with Crippen molar-refractivity contribution < 1.29 is 4.79 Å². The summed E-state index contributed by atoms with van der Waals surface area (Å²) in [6.07, 6.45) is 4.72. The number of aromatic nitrogens is 1. The zero-order valence-corrected chi connectivity index (χ0v) is 22.2. The number of halogens is 2. The number of hydrogen-bond acceptors (Lipinski definition) is 3. The summed E-state index contributed by atoms with van der Waals surface area (Å²) in [7, 11) is 0. The Morgan fingerprint density at radius 2 is 1.66 bits per heavy atom. The molecule has 0 N–H and O–H groups in total. The molecule has 0 bridgehead atoms. The summed E-state index contributed by atoms with van der Waals surface area (Å²) in [5.74, 6) is 0.789. The summed E-state index contributed by atoms with van der Waals surface area (Å²) in [6, 6.07) is 18.0. The number of hydrogen-bond donors (Lipinski definition) is 0. The first-order valence-electron chi connectivity index (χ1n) is 12.2. The first kappa shape index (κ1) is 25.5. The molecule has 0 unspecified atom stereocenters. The molecule has 1 aliphatic rings. The Morgan fingerprint density at radius 3 is 2.31 bits per heavy atom. The molecule has 6 heteroatoms. The van der Waals surface area contributed by atoms with E-state index in [4.69, 9.17) is 23.2 Å². The van der Waals surface area contributed by atoms with Crippen LogP contribution in [-0.2, 0) is 18.4 Å². The van der Waals surface area contributed by atoms with Crippen LogP contribution in [0.4, 0.5) is 5.82 Å². The number of amides is 1. The summed E-state index contributed by atoms with van der Waals surface area (Å²) in [5, 5.41) is 1.07. The largest absolute Gasteiger partial charge is 0.356 e. The quantitative estimate of drug-likeness (QED) is 0.338. The van der Waals surface area contributed by atoms with Crippen LogP contribution >= 0.6 is 23.2 Å². The standard InChI is InChI=1S/C29H33Cl2N3O/c1-29(2,3)23-11-8-22(9-12-23)20-34(18-14-21-10-13-25(30)26(31)19-21)28(35)24-7-6-15-32-27(24)33-16-4-5-17-33/h6-13,15,19H,4-5,14,16-18,20H2,1-3H3. The number of rotatable bonds is 7. The second-order valence-corrected chi connectivity index (χ2v) is 11.1. The van der Waals surface area contributed by atoms with Crippen LogP contribution in [0.1, 0.15) is 60.7 Å². The van der Waals surface area contributed by atoms with Crippen molar-refractivity contribution in [1.82, 2.24) is 9.88 Å². The zero-order chi connectivity index (χ0) is 25.0. The van der Waals surface area contributed by atoms with Crippen LogP contribution in [0.2, 0.25) is 10.0 Å². The highest BCUT2D eigenvalue weighted by atomic mass is 35.5. The minimum atomic E-state index is -0.0000385. The summed E-state index contributed by atoms with van der Waals surface area (Å²) in [4.78, 5) is 22.6. The van der Waals surface area contributed by atoms with E-state index in [2.05, 4.69) is 54.9 Å². The van der Waals surface area contributed by atoms with Gasteiger partial charge in [0.1, 0.15) is 5.82 Å². The smallest absolute Gasteiger partial charge is 0.257 e. The molecule has 1 aromatic heterocycles. The van der Waals surface area contributed by atoms with Gasteiger partial charge >= 0.3 is 0 Å². The van der Waals surface area contributed by atoms with Crippen LogP contribution in [0, 0.1) is 0 Å². The fraction of sp³-hybridized carbons (Fsp3) is 0.379. The highest BCUT2D eigenvalue weighted by Crippen LogP contribution is 2.27. The summed E-state index contributed by atoms with van der Waals surface area (Å²) >= 11 is 12.3. The highest BCUT2D eigenvalue weighted by molar-refractivity contribution is 6.42. The van der Waals surface area contributed by atoms with Crippen LogP contribution < -0.4 is 4.90 Å². The van der Waals surface area contributed by atoms with E-state index < -0.39 is 0 Å². The summed E-state index contributed by atoms with van der Waals surface area (Å²) < 4.78 is 0. The number of carbonyl (C=O) groups is 1. The Labute approximate surface area is 218 Å². The topological polar surface area (TPSA) is 36.4 Å². The van der Waals surface area contributed by atoms with Crippen LogP contribution in [0.15, 0.2) is 60.8 Å². The maximum absolute atomic E-state index is 13.9. The number of nitrogens with zero attached hydrogens (tertiary/aromatic N) is 3. The Hall–Kier alpha value is -2.56. The van der Waals surface area contributed by atoms with Crippen LogP contribution in [0.25, 0.3) is 0 Å². The fourth-order valence-electron chi connectivity index (χ4n) is 4.46. The lowest BCUT2D eigenvalue weighted by Crippen LogP contribution is -2.34. The van der Waals surface area contributed by atoms with Crippen LogP contribution in [0.3, 0.4) is 0 Å². The molecule has 2 aromatic carbocycles. The molecular weight excluding hydrogens is 477 g/mol. The van der Waals surface area contributed by atoms with Crippen molar-refractivity contribution in [1.29, 1.82) is 0 Å². The van der Waals surface area contributed by atoms with Crippen molar-refractivity contribution in [2.24, 2.45) is 0 Å². The first-order valence-corrected chi connectivity index (χ1v) is 13.0. The van der Waals surface area contributed by atoms with Gasteiger partial charge in [-0.15, -0.1) is 0 Å². The monoisotopic (exact) mass is 509 g/mol. The predicted octanol–water partition coefficient (Wildman–Crippen LogP) is 7.17. The van der Waals surface area contributed by atoms with E-state index in [9.17, 15) is 4.79 Å². The average molecular weight is 511 g/mol. The molecule has 1 aliphatic heterocycles. The van der Waals surface area contributed by atoms with Gasteiger partial charge in [-0.05, 0) is 65.6 Å². The van der Waals surface area contributed by atoms with Crippen molar-refractivity contribution in [2.45, 2.75) is 52.0 Å². The molecule has 2 heterocycles. The molecule has 0 radical (unpaired) electrons. The van der Waals surface area contributed by atoms with Gasteiger partial charge in [-0.3, -0.25) is 4.79 Å². The number of pyridine rings is 1. The fourth-order valence-corrected chi connectivity index (χ4v) is 4.78. The highest BCUT2D eigenvalue weighted by Gasteiger charge is 2.24. The van der Waals surface area contributed by atoms with Gasteiger partial charge in [-0.25, -0.2) is 4.98 Å². The van der Waals surface area contributed by atoms with Gasteiger partial charge in [0.25, 0.3) is 5.91 Å². The first-order chi connectivity index (χ1) is 16.7. The lowest BCUT2D eigenvalue weighted by atomic mass is 9.87. The van der Waals surface area contributed by atoms with Crippen LogP contribution in [-0.4, -0.2) is 35.4 Å². The zero-order valence-electron chi connectivity index (χ0n) is 20.7. The normalized spacial score (nSPS) is 13.8. The van der Waals surface area contributed by atoms with E-state index in [0.29, 0.717) is 35.1 Å². The second-order valence-electron chi connectivity index (χ2n) is 10.2. The predicted molar refractivity (Wildman–Crippen MR) is 146 cm³/mol. The van der Waals surface area contributed by atoms with Gasteiger partial charge in [-0.1, -0.05) is 74.3 Å². The van der Waals surface area contributed by atoms with E-state index in [0.717, 1.165) is 42.9 Å². The van der Waals surface area contributed by atoms with Crippen LogP contribution in [0.5, 0.6) is 0 Å². The van der Waals surface area contributed by atoms with Crippen molar-refractivity contribution in [3.63, 3.8) is 0 Å². The molecule has 0 spiro atoms. The van der Waals surface area contributed by atoms with Gasteiger partial charge in [0.15, 0.2) is 0 Å². The van der Waals surface area contributed by atoms with E-state index in [1.807, 2.05) is 35.2 Å². The number of carbonyl (C=O) groups excluding carboxylic acids is 1. The van der Waals surface area contributed by atoms with Crippen molar-refractivity contribution in [3.05, 3.63) is 93.1 Å². The Balaban J connectivity index is 1.60. The SMILES string of the molecule is CC(C)(C)c1ccc(CN(CCc2ccc(Cl)c(Cl)c2)C(=O)c2cccnc2N2CCCC2)cc1. The number of anilines is 1. The maximum Gasteiger partial charge on any atom is 0.257 e. The van der Waals surface area contributed by atoms with Gasteiger partial charge < -0.3 is 9.80 Å². The third-order valence-corrected chi connectivity index (χ3v) is 7.30. The average Bonchev–Trinajstić information content (AvgIpc) is 3.38. The lowest BCUT2D eigenvalue weighted by molar-refractivity contribution is 0.0745.